The molecule has 2 aromatic carbocycles. The predicted molar refractivity (Wildman–Crippen MR) is 141 cm³/mol. The number of ether oxygens (including phenoxy) is 5. The van der Waals surface area contributed by atoms with E-state index in [9.17, 15) is 14.4 Å². The number of carbonyl (C=O) groups excluding carboxylic acids is 3. The number of morpholine rings is 1. The zero-order valence-corrected chi connectivity index (χ0v) is 22.7. The lowest BCUT2D eigenvalue weighted by molar-refractivity contribution is -0.141. The van der Waals surface area contributed by atoms with Gasteiger partial charge in [-0.3, -0.25) is 19.3 Å². The first-order valence-electron chi connectivity index (χ1n) is 13.1. The van der Waals surface area contributed by atoms with Crippen LogP contribution in [0.25, 0.3) is 0 Å². The van der Waals surface area contributed by atoms with Gasteiger partial charge in [0.25, 0.3) is 5.91 Å². The number of hydrogen-bond donors (Lipinski definition) is 0. The van der Waals surface area contributed by atoms with Crippen molar-refractivity contribution in [1.29, 1.82) is 0 Å². The van der Waals surface area contributed by atoms with Gasteiger partial charge < -0.3 is 28.6 Å². The van der Waals surface area contributed by atoms with Crippen molar-refractivity contribution in [1.82, 2.24) is 9.80 Å². The monoisotopic (exact) mass is 538 g/mol. The molecule has 0 spiro atoms. The second-order valence-corrected chi connectivity index (χ2v) is 10.0. The Hall–Kier alpha value is -3.63. The van der Waals surface area contributed by atoms with Crippen LogP contribution in [0.5, 0.6) is 23.0 Å². The zero-order valence-electron chi connectivity index (χ0n) is 22.7. The molecule has 0 saturated carbocycles. The molecule has 1 amide bonds. The van der Waals surface area contributed by atoms with Crippen LogP contribution in [0.3, 0.4) is 0 Å². The molecule has 39 heavy (non-hydrogen) atoms. The van der Waals surface area contributed by atoms with E-state index < -0.39 is 29.4 Å². The molecule has 0 aromatic heterocycles. The summed E-state index contributed by atoms with van der Waals surface area (Å²) in [7, 11) is 4.50. The van der Waals surface area contributed by atoms with Gasteiger partial charge in [0.1, 0.15) is 17.8 Å². The molecular weight excluding hydrogens is 504 g/mol. The van der Waals surface area contributed by atoms with Crippen LogP contribution in [-0.4, -0.2) is 94.1 Å². The third-order valence-corrected chi connectivity index (χ3v) is 7.66. The van der Waals surface area contributed by atoms with E-state index in [0.29, 0.717) is 54.6 Å². The molecule has 2 aromatic rings. The first-order chi connectivity index (χ1) is 18.9. The first-order valence-corrected chi connectivity index (χ1v) is 13.1. The summed E-state index contributed by atoms with van der Waals surface area (Å²) in [6, 6.07) is 7.78. The average Bonchev–Trinajstić information content (AvgIpc) is 3.46. The van der Waals surface area contributed by atoms with E-state index >= 15 is 0 Å². The number of methoxy groups -OCH3 is 3. The fourth-order valence-electron chi connectivity index (χ4n) is 5.70. The summed E-state index contributed by atoms with van der Waals surface area (Å²) in [6.45, 7) is 5.51. The molecule has 0 bridgehead atoms. The van der Waals surface area contributed by atoms with Gasteiger partial charge in [0.15, 0.2) is 17.3 Å². The standard InChI is InChI=1S/C29H34N2O8/c1-17-13-19-14-18(5-6-21(19)39-17)26(32)24-25(20-15-22(35-2)28(37-4)23(16-20)36-3)31(29(34)27(24)33)8-7-30-9-11-38-12-10-30/h5-6,14-17,24-25H,7-13H2,1-4H3. The molecule has 10 heteroatoms. The van der Waals surface area contributed by atoms with E-state index in [1.807, 2.05) is 6.92 Å². The quantitative estimate of drug-likeness (QED) is 0.270. The molecule has 208 valence electrons. The Morgan fingerprint density at radius 1 is 0.974 bits per heavy atom. The summed E-state index contributed by atoms with van der Waals surface area (Å²) in [5.74, 6) is -1.13. The second-order valence-electron chi connectivity index (χ2n) is 10.0. The van der Waals surface area contributed by atoms with Crippen molar-refractivity contribution in [3.05, 3.63) is 47.0 Å². The van der Waals surface area contributed by atoms with Crippen molar-refractivity contribution in [3.8, 4) is 23.0 Å². The minimum absolute atomic E-state index is 0.0164. The maximum atomic E-state index is 14.0. The van der Waals surface area contributed by atoms with Gasteiger partial charge in [-0.25, -0.2) is 0 Å². The molecule has 3 aliphatic rings. The molecule has 3 heterocycles. The van der Waals surface area contributed by atoms with Crippen molar-refractivity contribution < 1.29 is 38.1 Å². The number of amides is 1. The molecule has 2 saturated heterocycles. The van der Waals surface area contributed by atoms with Crippen molar-refractivity contribution in [2.45, 2.75) is 25.5 Å². The SMILES string of the molecule is COc1cc(C2C(C(=O)c3ccc4c(c3)CC(C)O4)C(=O)C(=O)N2CCN2CCOCC2)cc(OC)c1OC. The highest BCUT2D eigenvalue weighted by Crippen LogP contribution is 2.45. The highest BCUT2D eigenvalue weighted by molar-refractivity contribution is 6.44. The molecule has 0 aliphatic carbocycles. The number of ketones is 2. The van der Waals surface area contributed by atoms with Crippen LogP contribution in [0.4, 0.5) is 0 Å². The molecule has 5 rings (SSSR count). The number of hydrogen-bond acceptors (Lipinski definition) is 9. The summed E-state index contributed by atoms with van der Waals surface area (Å²) in [4.78, 5) is 44.7. The topological polar surface area (TPSA) is 104 Å². The zero-order chi connectivity index (χ0) is 27.7. The van der Waals surface area contributed by atoms with Crippen molar-refractivity contribution in [3.63, 3.8) is 0 Å². The van der Waals surface area contributed by atoms with E-state index in [1.165, 1.54) is 26.2 Å². The van der Waals surface area contributed by atoms with Gasteiger partial charge >= 0.3 is 0 Å². The van der Waals surface area contributed by atoms with Crippen LogP contribution in [0, 0.1) is 5.92 Å². The van der Waals surface area contributed by atoms with Gasteiger partial charge in [0, 0.05) is 38.2 Å². The van der Waals surface area contributed by atoms with Crippen molar-refractivity contribution in [2.24, 2.45) is 5.92 Å². The average molecular weight is 539 g/mol. The molecule has 3 unspecified atom stereocenters. The van der Waals surface area contributed by atoms with Crippen LogP contribution >= 0.6 is 0 Å². The van der Waals surface area contributed by atoms with Gasteiger partial charge in [-0.15, -0.1) is 0 Å². The lowest BCUT2D eigenvalue weighted by atomic mass is 9.85. The summed E-state index contributed by atoms with van der Waals surface area (Å²) in [6.07, 6.45) is 0.693. The van der Waals surface area contributed by atoms with Crippen LogP contribution in [0.1, 0.15) is 34.5 Å². The van der Waals surface area contributed by atoms with Crippen LogP contribution in [-0.2, 0) is 20.7 Å². The van der Waals surface area contributed by atoms with Crippen molar-refractivity contribution in [2.75, 3.05) is 60.7 Å². The Morgan fingerprint density at radius 2 is 1.67 bits per heavy atom. The van der Waals surface area contributed by atoms with E-state index in [1.54, 1.807) is 30.3 Å². The number of fused-ring (bicyclic) bond motifs is 1. The summed E-state index contributed by atoms with van der Waals surface area (Å²) >= 11 is 0. The van der Waals surface area contributed by atoms with Crippen molar-refractivity contribution >= 4 is 17.5 Å². The van der Waals surface area contributed by atoms with Gasteiger partial charge in [-0.1, -0.05) is 0 Å². The van der Waals surface area contributed by atoms with Gasteiger partial charge in [-0.05, 0) is 48.4 Å². The smallest absolute Gasteiger partial charge is 0.291 e. The normalized spacial score (nSPS) is 23.0. The lowest BCUT2D eigenvalue weighted by Crippen LogP contribution is -2.42. The number of carbonyl (C=O) groups is 3. The molecule has 0 N–H and O–H groups in total. The maximum Gasteiger partial charge on any atom is 0.291 e. The number of nitrogens with zero attached hydrogens (tertiary/aromatic N) is 2. The van der Waals surface area contributed by atoms with Crippen LogP contribution < -0.4 is 18.9 Å². The predicted octanol–water partition coefficient (Wildman–Crippen LogP) is 2.32. The lowest BCUT2D eigenvalue weighted by Gasteiger charge is -2.32. The Kier molecular flexibility index (Phi) is 7.76. The summed E-state index contributed by atoms with van der Waals surface area (Å²) in [5, 5.41) is 0. The third-order valence-electron chi connectivity index (χ3n) is 7.66. The Labute approximate surface area is 227 Å². The third kappa shape index (κ3) is 5.06. The number of Topliss-reactive ketones (excluding diaryl/α,β-unsaturated/α-hetero) is 2. The molecule has 0 radical (unpaired) electrons. The van der Waals surface area contributed by atoms with E-state index in [0.717, 1.165) is 24.4 Å². The minimum atomic E-state index is -1.22. The van der Waals surface area contributed by atoms with Gasteiger partial charge in [0.05, 0.1) is 40.6 Å². The Balaban J connectivity index is 1.55. The number of likely N-dealkylation sites (tertiary alicyclic amines) is 1. The Morgan fingerprint density at radius 3 is 2.31 bits per heavy atom. The number of rotatable bonds is 9. The maximum absolute atomic E-state index is 14.0. The van der Waals surface area contributed by atoms with E-state index in [4.69, 9.17) is 23.7 Å². The molecular formula is C29H34N2O8. The van der Waals surface area contributed by atoms with Crippen LogP contribution in [0.2, 0.25) is 0 Å². The highest BCUT2D eigenvalue weighted by Gasteiger charge is 2.52. The Bertz CT molecular complexity index is 1250. The molecule has 10 nitrogen and oxygen atoms in total. The minimum Gasteiger partial charge on any atom is -0.493 e. The first kappa shape index (κ1) is 27.0. The van der Waals surface area contributed by atoms with Gasteiger partial charge in [0.2, 0.25) is 11.5 Å². The van der Waals surface area contributed by atoms with E-state index in [2.05, 4.69) is 4.90 Å². The fourth-order valence-corrected chi connectivity index (χ4v) is 5.70. The highest BCUT2D eigenvalue weighted by atomic mass is 16.5. The summed E-state index contributed by atoms with van der Waals surface area (Å²) in [5.41, 5.74) is 1.85. The van der Waals surface area contributed by atoms with Crippen LogP contribution in [0.15, 0.2) is 30.3 Å². The molecule has 3 aliphatic heterocycles. The summed E-state index contributed by atoms with van der Waals surface area (Å²) < 4.78 is 27.8. The molecule has 3 atom stereocenters. The number of benzene rings is 2. The van der Waals surface area contributed by atoms with Gasteiger partial charge in [-0.2, -0.15) is 0 Å². The second kappa shape index (κ2) is 11.2. The molecule has 2 fully saturated rings. The largest absolute Gasteiger partial charge is 0.493 e. The fraction of sp³-hybridized carbons (Fsp3) is 0.483. The van der Waals surface area contributed by atoms with E-state index in [-0.39, 0.29) is 12.6 Å².